The molecule has 0 amide bonds. The van der Waals surface area contributed by atoms with Crippen LogP contribution in [0.3, 0.4) is 0 Å². The molecule has 1 aromatic rings. The second kappa shape index (κ2) is 4.55. The van der Waals surface area contributed by atoms with Gasteiger partial charge in [0.05, 0.1) is 11.6 Å². The third kappa shape index (κ3) is 3.06. The maximum absolute atomic E-state index is 9.76. The van der Waals surface area contributed by atoms with Gasteiger partial charge < -0.3 is 10.0 Å². The van der Waals surface area contributed by atoms with Gasteiger partial charge in [0.25, 0.3) is 0 Å². The highest BCUT2D eigenvalue weighted by Gasteiger charge is 2.24. The Bertz CT molecular complexity index is 308. The smallest absolute Gasteiger partial charge is 0.0718 e. The molecule has 90 valence electrons. The lowest BCUT2D eigenvalue weighted by molar-refractivity contribution is 0.0246. The maximum atomic E-state index is 9.76. The van der Waals surface area contributed by atoms with Crippen molar-refractivity contribution in [1.82, 2.24) is 14.7 Å². The largest absolute Gasteiger partial charge is 0.389 e. The first-order valence-corrected chi connectivity index (χ1v) is 5.98. The van der Waals surface area contributed by atoms with Crippen molar-refractivity contribution < 1.29 is 5.11 Å². The number of aromatic nitrogens is 2. The summed E-state index contributed by atoms with van der Waals surface area (Å²) in [6, 6.07) is 2.51. The molecule has 0 radical (unpaired) electrons. The molecule has 0 aromatic carbocycles. The molecule has 4 heteroatoms. The first-order valence-electron chi connectivity index (χ1n) is 5.98. The van der Waals surface area contributed by atoms with Gasteiger partial charge in [0.15, 0.2) is 0 Å². The highest BCUT2D eigenvalue weighted by molar-refractivity contribution is 4.85. The van der Waals surface area contributed by atoms with Crippen molar-refractivity contribution in [3.8, 4) is 0 Å². The zero-order chi connectivity index (χ0) is 11.6. The number of β-amino-alcohol motifs (C(OH)–C–C–N with tert-alkyl or cyclic N) is 1. The Morgan fingerprint density at radius 1 is 1.38 bits per heavy atom. The van der Waals surface area contributed by atoms with Crippen LogP contribution in [0.4, 0.5) is 0 Å². The van der Waals surface area contributed by atoms with Gasteiger partial charge in [-0.1, -0.05) is 0 Å². The Kier molecular flexibility index (Phi) is 3.30. The first-order chi connectivity index (χ1) is 7.54. The third-order valence-corrected chi connectivity index (χ3v) is 3.07. The Hall–Kier alpha value is -0.870. The van der Waals surface area contributed by atoms with Crippen molar-refractivity contribution in [2.24, 2.45) is 0 Å². The molecule has 1 aliphatic rings. The molecule has 0 atom stereocenters. The van der Waals surface area contributed by atoms with Gasteiger partial charge in [0.1, 0.15) is 0 Å². The summed E-state index contributed by atoms with van der Waals surface area (Å²) in [6.45, 7) is 6.60. The van der Waals surface area contributed by atoms with Gasteiger partial charge in [-0.2, -0.15) is 5.10 Å². The highest BCUT2D eigenvalue weighted by Crippen LogP contribution is 2.22. The number of piperidine rings is 1. The molecule has 0 saturated carbocycles. The molecule has 1 saturated heterocycles. The molecule has 2 rings (SSSR count). The molecule has 1 aliphatic heterocycles. The molecule has 16 heavy (non-hydrogen) atoms. The molecular weight excluding hydrogens is 202 g/mol. The van der Waals surface area contributed by atoms with E-state index in [0.717, 1.165) is 32.5 Å². The normalized spacial score (nSPS) is 20.2. The van der Waals surface area contributed by atoms with Crippen LogP contribution in [0.15, 0.2) is 18.5 Å². The van der Waals surface area contributed by atoms with Crippen LogP contribution in [-0.2, 0) is 0 Å². The minimum atomic E-state index is -0.585. The summed E-state index contributed by atoms with van der Waals surface area (Å²) in [4.78, 5) is 2.33. The van der Waals surface area contributed by atoms with Gasteiger partial charge in [-0.3, -0.25) is 4.68 Å². The Morgan fingerprint density at radius 2 is 2.06 bits per heavy atom. The zero-order valence-corrected chi connectivity index (χ0v) is 10.1. The third-order valence-electron chi connectivity index (χ3n) is 3.07. The van der Waals surface area contributed by atoms with Gasteiger partial charge in [0.2, 0.25) is 0 Å². The van der Waals surface area contributed by atoms with Crippen molar-refractivity contribution in [3.63, 3.8) is 0 Å². The zero-order valence-electron chi connectivity index (χ0n) is 10.1. The van der Waals surface area contributed by atoms with Crippen LogP contribution in [-0.4, -0.2) is 45.0 Å². The summed E-state index contributed by atoms with van der Waals surface area (Å²) in [5.41, 5.74) is -0.585. The van der Waals surface area contributed by atoms with E-state index in [1.165, 1.54) is 0 Å². The lowest BCUT2D eigenvalue weighted by Gasteiger charge is -2.35. The average Bonchev–Trinajstić information content (AvgIpc) is 2.69. The van der Waals surface area contributed by atoms with E-state index in [9.17, 15) is 5.11 Å². The van der Waals surface area contributed by atoms with Crippen LogP contribution in [0.25, 0.3) is 0 Å². The van der Waals surface area contributed by atoms with Crippen molar-refractivity contribution in [1.29, 1.82) is 0 Å². The highest BCUT2D eigenvalue weighted by atomic mass is 16.3. The molecular formula is C12H21N3O. The minimum Gasteiger partial charge on any atom is -0.389 e. The van der Waals surface area contributed by atoms with Crippen LogP contribution in [0.2, 0.25) is 0 Å². The fraction of sp³-hybridized carbons (Fsp3) is 0.750. The summed E-state index contributed by atoms with van der Waals surface area (Å²) in [6.07, 6.45) is 6.12. The molecule has 1 fully saturated rings. The number of nitrogens with zero attached hydrogens (tertiary/aromatic N) is 3. The lowest BCUT2D eigenvalue weighted by atomic mass is 10.0. The van der Waals surface area contributed by atoms with Crippen molar-refractivity contribution in [2.45, 2.75) is 38.3 Å². The predicted octanol–water partition coefficient (Wildman–Crippen LogP) is 1.29. The molecule has 0 bridgehead atoms. The summed E-state index contributed by atoms with van der Waals surface area (Å²) >= 11 is 0. The molecule has 4 nitrogen and oxygen atoms in total. The van der Waals surface area contributed by atoms with E-state index in [4.69, 9.17) is 0 Å². The summed E-state index contributed by atoms with van der Waals surface area (Å²) in [7, 11) is 0. The van der Waals surface area contributed by atoms with Crippen molar-refractivity contribution >= 4 is 0 Å². The molecule has 1 N–H and O–H groups in total. The molecule has 0 spiro atoms. The van der Waals surface area contributed by atoms with E-state index < -0.39 is 5.60 Å². The monoisotopic (exact) mass is 223 g/mol. The van der Waals surface area contributed by atoms with Crippen LogP contribution in [0.5, 0.6) is 0 Å². The van der Waals surface area contributed by atoms with Crippen LogP contribution in [0, 0.1) is 0 Å². The number of aliphatic hydroxyl groups is 1. The number of rotatable bonds is 3. The fourth-order valence-corrected chi connectivity index (χ4v) is 2.39. The Balaban J connectivity index is 1.83. The predicted molar refractivity (Wildman–Crippen MR) is 63.2 cm³/mol. The molecule has 2 heterocycles. The Labute approximate surface area is 96.9 Å². The standard InChI is InChI=1S/C12H21N3O/c1-12(2,16)10-14-8-4-11(5-9-14)15-7-3-6-13-15/h3,6-7,11,16H,4-5,8-10H2,1-2H3. The van der Waals surface area contributed by atoms with E-state index in [0.29, 0.717) is 6.04 Å². The Morgan fingerprint density at radius 3 is 2.56 bits per heavy atom. The van der Waals surface area contributed by atoms with Gasteiger partial charge >= 0.3 is 0 Å². The van der Waals surface area contributed by atoms with Gasteiger partial charge in [-0.15, -0.1) is 0 Å². The van der Waals surface area contributed by atoms with E-state index in [-0.39, 0.29) is 0 Å². The number of hydrogen-bond acceptors (Lipinski definition) is 3. The van der Waals surface area contributed by atoms with Crippen LogP contribution in [0.1, 0.15) is 32.7 Å². The summed E-state index contributed by atoms with van der Waals surface area (Å²) < 4.78 is 2.06. The number of likely N-dealkylation sites (tertiary alicyclic amines) is 1. The van der Waals surface area contributed by atoms with E-state index in [1.54, 1.807) is 0 Å². The molecule has 0 aliphatic carbocycles. The van der Waals surface area contributed by atoms with E-state index in [1.807, 2.05) is 32.3 Å². The van der Waals surface area contributed by atoms with Gasteiger partial charge in [0, 0.05) is 32.0 Å². The fourth-order valence-electron chi connectivity index (χ4n) is 2.39. The summed E-state index contributed by atoms with van der Waals surface area (Å²) in [5.74, 6) is 0. The van der Waals surface area contributed by atoms with Crippen molar-refractivity contribution in [3.05, 3.63) is 18.5 Å². The first kappa shape index (κ1) is 11.6. The average molecular weight is 223 g/mol. The van der Waals surface area contributed by atoms with Crippen LogP contribution >= 0.6 is 0 Å². The van der Waals surface area contributed by atoms with Crippen LogP contribution < -0.4 is 0 Å². The second-order valence-corrected chi connectivity index (χ2v) is 5.31. The summed E-state index contributed by atoms with van der Waals surface area (Å²) in [5, 5.41) is 14.0. The SMILES string of the molecule is CC(C)(O)CN1CCC(n2cccn2)CC1. The van der Waals surface area contributed by atoms with E-state index in [2.05, 4.69) is 14.7 Å². The topological polar surface area (TPSA) is 41.3 Å². The maximum Gasteiger partial charge on any atom is 0.0718 e. The second-order valence-electron chi connectivity index (χ2n) is 5.31. The lowest BCUT2D eigenvalue weighted by Crippen LogP contribution is -2.43. The molecule has 1 aromatic heterocycles. The van der Waals surface area contributed by atoms with Gasteiger partial charge in [-0.25, -0.2) is 0 Å². The van der Waals surface area contributed by atoms with Crippen molar-refractivity contribution in [2.75, 3.05) is 19.6 Å². The number of hydrogen-bond donors (Lipinski definition) is 1. The van der Waals surface area contributed by atoms with Gasteiger partial charge in [-0.05, 0) is 32.8 Å². The quantitative estimate of drug-likeness (QED) is 0.839. The van der Waals surface area contributed by atoms with E-state index >= 15 is 0 Å². The molecule has 0 unspecified atom stereocenters. The minimum absolute atomic E-state index is 0.535.